The Morgan fingerprint density at radius 2 is 1.88 bits per heavy atom. The standard InChI is InChI=1S/C7H11NO7S2/c1-15-5-2-3-7(8,17(12,13)14)6(4-5)16(9,10)11/h2-4,6H,8H2,1H3,(H,9,10,11)(H,12,13,14). The van der Waals surface area contributed by atoms with Crippen molar-refractivity contribution in [3.63, 3.8) is 0 Å². The van der Waals surface area contributed by atoms with E-state index in [1.807, 2.05) is 0 Å². The Bertz CT molecular complexity index is 573. The van der Waals surface area contributed by atoms with Crippen LogP contribution in [0.15, 0.2) is 24.0 Å². The Balaban J connectivity index is 3.47. The van der Waals surface area contributed by atoms with E-state index >= 15 is 0 Å². The number of methoxy groups -OCH3 is 1. The molecule has 0 spiro atoms. The molecular weight excluding hydrogens is 274 g/mol. The average molecular weight is 285 g/mol. The van der Waals surface area contributed by atoms with Crippen molar-refractivity contribution in [3.05, 3.63) is 24.0 Å². The molecule has 1 rings (SSSR count). The van der Waals surface area contributed by atoms with Gasteiger partial charge in [-0.3, -0.25) is 9.11 Å². The Morgan fingerprint density at radius 1 is 1.35 bits per heavy atom. The predicted octanol–water partition coefficient (Wildman–Crippen LogP) is -1.11. The van der Waals surface area contributed by atoms with Gasteiger partial charge in [0.05, 0.1) is 7.11 Å². The maximum Gasteiger partial charge on any atom is 0.289 e. The molecule has 17 heavy (non-hydrogen) atoms. The molecule has 1 aliphatic carbocycles. The van der Waals surface area contributed by atoms with Crippen LogP contribution in [-0.2, 0) is 25.0 Å². The molecule has 0 saturated carbocycles. The fourth-order valence-corrected chi connectivity index (χ4v) is 3.51. The van der Waals surface area contributed by atoms with Gasteiger partial charge in [-0.1, -0.05) is 0 Å². The Morgan fingerprint density at radius 3 is 2.24 bits per heavy atom. The summed E-state index contributed by atoms with van der Waals surface area (Å²) in [6.45, 7) is 0. The van der Waals surface area contributed by atoms with Crippen molar-refractivity contribution in [1.82, 2.24) is 0 Å². The number of nitrogens with two attached hydrogens (primary N) is 1. The van der Waals surface area contributed by atoms with Crippen LogP contribution >= 0.6 is 0 Å². The highest BCUT2D eigenvalue weighted by atomic mass is 32.2. The van der Waals surface area contributed by atoms with Gasteiger partial charge in [0.25, 0.3) is 20.2 Å². The van der Waals surface area contributed by atoms with Crippen LogP contribution in [0.5, 0.6) is 0 Å². The normalized spacial score (nSPS) is 29.9. The van der Waals surface area contributed by atoms with Crippen LogP contribution in [0.1, 0.15) is 0 Å². The molecule has 4 N–H and O–H groups in total. The summed E-state index contributed by atoms with van der Waals surface area (Å²) >= 11 is 0. The summed E-state index contributed by atoms with van der Waals surface area (Å²) in [7, 11) is -8.55. The van der Waals surface area contributed by atoms with E-state index in [1.54, 1.807) is 0 Å². The number of allylic oxidation sites excluding steroid dienone is 1. The molecule has 98 valence electrons. The van der Waals surface area contributed by atoms with Crippen LogP contribution in [0.3, 0.4) is 0 Å². The Labute approximate surface area is 98.3 Å². The van der Waals surface area contributed by atoms with Gasteiger partial charge in [-0.15, -0.1) is 0 Å². The summed E-state index contributed by atoms with van der Waals surface area (Å²) in [6, 6.07) is 0. The molecule has 0 aromatic rings. The first-order chi connectivity index (χ1) is 7.52. The minimum atomic E-state index is -4.94. The van der Waals surface area contributed by atoms with Gasteiger partial charge in [0, 0.05) is 0 Å². The fraction of sp³-hybridized carbons (Fsp3) is 0.429. The molecule has 0 amide bonds. The van der Waals surface area contributed by atoms with E-state index in [4.69, 9.17) is 14.8 Å². The maximum absolute atomic E-state index is 11.1. The topological polar surface area (TPSA) is 144 Å². The molecule has 0 bridgehead atoms. The minimum Gasteiger partial charge on any atom is -0.497 e. The lowest BCUT2D eigenvalue weighted by atomic mass is 10.1. The molecule has 0 aromatic heterocycles. The van der Waals surface area contributed by atoms with Crippen molar-refractivity contribution in [2.24, 2.45) is 5.73 Å². The molecule has 0 heterocycles. The van der Waals surface area contributed by atoms with Gasteiger partial charge in [-0.25, -0.2) is 0 Å². The largest absolute Gasteiger partial charge is 0.497 e. The summed E-state index contributed by atoms with van der Waals surface area (Å²) in [4.78, 5) is -2.65. The SMILES string of the molecule is COC1=CC(S(=O)(=O)O)C(N)(S(=O)(=O)O)C=C1. The fourth-order valence-electron chi connectivity index (χ4n) is 1.33. The second kappa shape index (κ2) is 4.07. The average Bonchev–Trinajstić information content (AvgIpc) is 2.15. The van der Waals surface area contributed by atoms with Gasteiger partial charge in [-0.2, -0.15) is 16.8 Å². The zero-order chi connectivity index (χ0) is 13.5. The van der Waals surface area contributed by atoms with Gasteiger partial charge < -0.3 is 10.5 Å². The summed E-state index contributed by atoms with van der Waals surface area (Å²) < 4.78 is 66.9. The summed E-state index contributed by atoms with van der Waals surface area (Å²) in [5.74, 6) is -0.00245. The van der Waals surface area contributed by atoms with Crippen molar-refractivity contribution < 1.29 is 30.7 Å². The number of rotatable bonds is 3. The number of hydrogen-bond donors (Lipinski definition) is 3. The van der Waals surface area contributed by atoms with E-state index in [9.17, 15) is 16.8 Å². The molecule has 0 fully saturated rings. The summed E-state index contributed by atoms with van der Waals surface area (Å²) in [5.41, 5.74) is 5.32. The predicted molar refractivity (Wildman–Crippen MR) is 58.0 cm³/mol. The second-order valence-corrected chi connectivity index (χ2v) is 6.57. The minimum absolute atomic E-state index is 0.00245. The second-order valence-electron chi connectivity index (χ2n) is 3.37. The summed E-state index contributed by atoms with van der Waals surface area (Å²) in [6.07, 6.45) is 2.61. The molecule has 2 unspecified atom stereocenters. The van der Waals surface area contributed by atoms with Gasteiger partial charge in [0.2, 0.25) is 0 Å². The molecule has 1 aliphatic rings. The first-order valence-corrected chi connectivity index (χ1v) is 7.14. The van der Waals surface area contributed by atoms with E-state index in [0.29, 0.717) is 0 Å². The highest BCUT2D eigenvalue weighted by Crippen LogP contribution is 2.28. The first-order valence-electron chi connectivity index (χ1n) is 4.19. The quantitative estimate of drug-likeness (QED) is 0.553. The van der Waals surface area contributed by atoms with Crippen molar-refractivity contribution in [2.45, 2.75) is 10.1 Å². The van der Waals surface area contributed by atoms with Gasteiger partial charge in [0.15, 0.2) is 4.87 Å². The van der Waals surface area contributed by atoms with Gasteiger partial charge in [0.1, 0.15) is 11.0 Å². The van der Waals surface area contributed by atoms with Crippen LogP contribution in [0, 0.1) is 0 Å². The third-order valence-electron chi connectivity index (χ3n) is 2.27. The molecule has 8 nitrogen and oxygen atoms in total. The molecular formula is C7H11NO7S2. The lowest BCUT2D eigenvalue weighted by molar-refractivity contribution is 0.300. The van der Waals surface area contributed by atoms with E-state index in [0.717, 1.165) is 18.2 Å². The van der Waals surface area contributed by atoms with E-state index in [2.05, 4.69) is 4.74 Å². The highest BCUT2D eigenvalue weighted by Gasteiger charge is 2.51. The third-order valence-corrected chi connectivity index (χ3v) is 4.87. The van der Waals surface area contributed by atoms with Crippen LogP contribution in [0.25, 0.3) is 0 Å². The lowest BCUT2D eigenvalue weighted by Crippen LogP contribution is -2.58. The zero-order valence-electron chi connectivity index (χ0n) is 8.64. The molecule has 0 aliphatic heterocycles. The molecule has 0 aromatic carbocycles. The maximum atomic E-state index is 11.1. The van der Waals surface area contributed by atoms with Crippen molar-refractivity contribution >= 4 is 20.2 Å². The highest BCUT2D eigenvalue weighted by molar-refractivity contribution is 7.91. The van der Waals surface area contributed by atoms with Crippen molar-refractivity contribution in [3.8, 4) is 0 Å². The Kier molecular flexibility index (Phi) is 3.38. The van der Waals surface area contributed by atoms with Crippen molar-refractivity contribution in [2.75, 3.05) is 7.11 Å². The molecule has 2 atom stereocenters. The monoisotopic (exact) mass is 285 g/mol. The number of ether oxygens (including phenoxy) is 1. The Hall–Kier alpha value is -0.940. The van der Waals surface area contributed by atoms with Crippen LogP contribution in [-0.4, -0.2) is 43.2 Å². The van der Waals surface area contributed by atoms with Crippen LogP contribution in [0.4, 0.5) is 0 Å². The van der Waals surface area contributed by atoms with E-state index in [-0.39, 0.29) is 5.76 Å². The molecule has 10 heteroatoms. The van der Waals surface area contributed by atoms with Crippen LogP contribution < -0.4 is 5.73 Å². The number of hydrogen-bond acceptors (Lipinski definition) is 6. The van der Waals surface area contributed by atoms with Gasteiger partial charge >= 0.3 is 0 Å². The van der Waals surface area contributed by atoms with Gasteiger partial charge in [-0.05, 0) is 18.2 Å². The van der Waals surface area contributed by atoms with Crippen molar-refractivity contribution in [1.29, 1.82) is 0 Å². The van der Waals surface area contributed by atoms with Crippen LogP contribution in [0.2, 0.25) is 0 Å². The summed E-state index contributed by atoms with van der Waals surface area (Å²) in [5, 5.41) is -2.05. The van der Waals surface area contributed by atoms with E-state index < -0.39 is 30.4 Å². The molecule has 0 saturated heterocycles. The lowest BCUT2D eigenvalue weighted by Gasteiger charge is -2.30. The van der Waals surface area contributed by atoms with E-state index in [1.165, 1.54) is 7.11 Å². The first kappa shape index (κ1) is 14.1. The zero-order valence-corrected chi connectivity index (χ0v) is 10.3. The smallest absolute Gasteiger partial charge is 0.289 e. The molecule has 0 radical (unpaired) electrons. The third kappa shape index (κ3) is 2.50.